The Labute approximate surface area is 195 Å². The summed E-state index contributed by atoms with van der Waals surface area (Å²) in [5, 5.41) is 13.7. The molecule has 0 saturated carbocycles. The first-order chi connectivity index (χ1) is 15.7. The maximum absolute atomic E-state index is 13.1. The van der Waals surface area contributed by atoms with Gasteiger partial charge in [0, 0.05) is 36.0 Å². The number of anilines is 2. The number of likely N-dealkylation sites (N-methyl/N-ethyl adjacent to an activating group) is 1. The highest BCUT2D eigenvalue weighted by atomic mass is 35.5. The lowest BCUT2D eigenvalue weighted by molar-refractivity contribution is -0.117. The van der Waals surface area contributed by atoms with E-state index in [4.69, 9.17) is 11.6 Å². The monoisotopic (exact) mass is 450 g/mol. The van der Waals surface area contributed by atoms with Crippen molar-refractivity contribution in [2.24, 2.45) is 0 Å². The van der Waals surface area contributed by atoms with Crippen molar-refractivity contribution in [3.63, 3.8) is 0 Å². The van der Waals surface area contributed by atoms with Crippen molar-refractivity contribution in [1.29, 1.82) is 0 Å². The van der Waals surface area contributed by atoms with Gasteiger partial charge >= 0.3 is 0 Å². The van der Waals surface area contributed by atoms with Crippen molar-refractivity contribution in [3.8, 4) is 0 Å². The van der Waals surface area contributed by atoms with E-state index in [1.54, 1.807) is 0 Å². The molecule has 0 radical (unpaired) electrons. The molecule has 5 nitrogen and oxygen atoms in total. The number of carbonyl (C=O) groups excluding carboxylic acids is 1. The molecule has 1 unspecified atom stereocenters. The van der Waals surface area contributed by atoms with E-state index in [1.807, 2.05) is 85.9 Å². The smallest absolute Gasteiger partial charge is 0.233 e. The fourth-order valence-electron chi connectivity index (χ4n) is 3.41. The minimum atomic E-state index is -0.283. The van der Waals surface area contributed by atoms with E-state index in [0.717, 1.165) is 48.0 Å². The quantitative estimate of drug-likeness (QED) is 0.306. The van der Waals surface area contributed by atoms with E-state index < -0.39 is 0 Å². The van der Waals surface area contributed by atoms with E-state index in [-0.39, 0.29) is 11.8 Å². The molecule has 3 aromatic rings. The number of benzene rings is 3. The van der Waals surface area contributed by atoms with Crippen LogP contribution in [-0.2, 0) is 11.2 Å². The molecule has 0 spiro atoms. The third-order valence-electron chi connectivity index (χ3n) is 5.23. The van der Waals surface area contributed by atoms with E-state index in [1.165, 1.54) is 5.56 Å². The lowest BCUT2D eigenvalue weighted by atomic mass is 9.97. The summed E-state index contributed by atoms with van der Waals surface area (Å²) in [6, 6.07) is 25.6. The van der Waals surface area contributed by atoms with Crippen LogP contribution in [0.1, 0.15) is 17.0 Å². The number of nitrogens with one attached hydrogen (secondary N) is 4. The lowest BCUT2D eigenvalue weighted by Crippen LogP contribution is -2.32. The zero-order valence-corrected chi connectivity index (χ0v) is 19.2. The standard InChI is InChI=1S/C26H31ClN4O/c1-28-17-18-30-23-11-13-24(14-12-23)31-26(32)25(21-5-3-2-4-6-21)19-29-16-15-20-7-9-22(27)10-8-20/h2-14,25,28-30H,15-19H2,1H3,(H,31,32). The molecule has 0 bridgehead atoms. The van der Waals surface area contributed by atoms with Gasteiger partial charge in [-0.1, -0.05) is 54.1 Å². The van der Waals surface area contributed by atoms with Crippen molar-refractivity contribution >= 4 is 28.9 Å². The van der Waals surface area contributed by atoms with E-state index in [9.17, 15) is 4.79 Å². The van der Waals surface area contributed by atoms with Gasteiger partial charge in [-0.15, -0.1) is 0 Å². The summed E-state index contributed by atoms with van der Waals surface area (Å²) in [6.45, 7) is 3.08. The minimum absolute atomic E-state index is 0.0221. The molecule has 32 heavy (non-hydrogen) atoms. The second-order valence-corrected chi connectivity index (χ2v) is 8.08. The molecule has 0 aromatic heterocycles. The molecule has 3 rings (SSSR count). The molecule has 0 heterocycles. The zero-order valence-electron chi connectivity index (χ0n) is 18.4. The molecule has 4 N–H and O–H groups in total. The van der Waals surface area contributed by atoms with Gasteiger partial charge in [0.2, 0.25) is 5.91 Å². The van der Waals surface area contributed by atoms with Crippen LogP contribution in [0.25, 0.3) is 0 Å². The van der Waals surface area contributed by atoms with Crippen LogP contribution in [0.5, 0.6) is 0 Å². The van der Waals surface area contributed by atoms with Gasteiger partial charge in [-0.3, -0.25) is 4.79 Å². The summed E-state index contributed by atoms with van der Waals surface area (Å²) < 4.78 is 0. The number of rotatable bonds is 12. The first-order valence-corrected chi connectivity index (χ1v) is 11.3. The van der Waals surface area contributed by atoms with Crippen LogP contribution < -0.4 is 21.3 Å². The Morgan fingerprint density at radius 2 is 1.53 bits per heavy atom. The fourth-order valence-corrected chi connectivity index (χ4v) is 3.54. The normalized spacial score (nSPS) is 11.7. The predicted octanol–water partition coefficient (Wildman–Crippen LogP) is 4.53. The fraction of sp³-hybridized carbons (Fsp3) is 0.269. The highest BCUT2D eigenvalue weighted by Crippen LogP contribution is 2.19. The Bertz CT molecular complexity index is 946. The van der Waals surface area contributed by atoms with E-state index >= 15 is 0 Å². The van der Waals surface area contributed by atoms with Gasteiger partial charge in [-0.25, -0.2) is 0 Å². The number of carbonyl (C=O) groups is 1. The van der Waals surface area contributed by atoms with Crippen LogP contribution in [0.3, 0.4) is 0 Å². The predicted molar refractivity (Wildman–Crippen MR) is 135 cm³/mol. The van der Waals surface area contributed by atoms with Gasteiger partial charge in [0.05, 0.1) is 5.92 Å². The average molecular weight is 451 g/mol. The Morgan fingerprint density at radius 3 is 2.22 bits per heavy atom. The molecule has 0 aliphatic rings. The van der Waals surface area contributed by atoms with Crippen molar-refractivity contribution in [2.45, 2.75) is 12.3 Å². The third-order valence-corrected chi connectivity index (χ3v) is 5.48. The van der Waals surface area contributed by atoms with Crippen LogP contribution in [0.15, 0.2) is 78.9 Å². The van der Waals surface area contributed by atoms with E-state index in [2.05, 4.69) is 21.3 Å². The van der Waals surface area contributed by atoms with Crippen LogP contribution in [0, 0.1) is 0 Å². The van der Waals surface area contributed by atoms with Crippen molar-refractivity contribution in [2.75, 3.05) is 43.9 Å². The summed E-state index contributed by atoms with van der Waals surface area (Å²) >= 11 is 5.95. The number of halogens is 1. The van der Waals surface area contributed by atoms with Crippen LogP contribution >= 0.6 is 11.6 Å². The Hall–Kier alpha value is -2.86. The van der Waals surface area contributed by atoms with Crippen LogP contribution in [0.2, 0.25) is 5.02 Å². The highest BCUT2D eigenvalue weighted by Gasteiger charge is 2.20. The summed E-state index contributed by atoms with van der Waals surface area (Å²) in [7, 11) is 1.93. The second-order valence-electron chi connectivity index (χ2n) is 7.64. The van der Waals surface area contributed by atoms with Gasteiger partial charge < -0.3 is 21.3 Å². The van der Waals surface area contributed by atoms with Crippen LogP contribution in [-0.4, -0.2) is 39.1 Å². The summed E-state index contributed by atoms with van der Waals surface area (Å²) in [5.41, 5.74) is 4.03. The molecule has 168 valence electrons. The second kappa shape index (κ2) is 12.9. The first-order valence-electron chi connectivity index (χ1n) is 10.9. The Morgan fingerprint density at radius 1 is 0.844 bits per heavy atom. The first kappa shape index (κ1) is 23.8. The minimum Gasteiger partial charge on any atom is -0.384 e. The molecular formula is C26H31ClN4O. The topological polar surface area (TPSA) is 65.2 Å². The Balaban J connectivity index is 1.57. The van der Waals surface area contributed by atoms with Gasteiger partial charge in [-0.2, -0.15) is 0 Å². The molecule has 1 atom stereocenters. The van der Waals surface area contributed by atoms with E-state index in [0.29, 0.717) is 6.54 Å². The molecular weight excluding hydrogens is 420 g/mol. The number of hydrogen-bond donors (Lipinski definition) is 4. The largest absolute Gasteiger partial charge is 0.384 e. The maximum atomic E-state index is 13.1. The zero-order chi connectivity index (χ0) is 22.6. The molecule has 6 heteroatoms. The SMILES string of the molecule is CNCCNc1ccc(NC(=O)C(CNCCc2ccc(Cl)cc2)c2ccccc2)cc1. The summed E-state index contributed by atoms with van der Waals surface area (Å²) in [6.07, 6.45) is 0.877. The van der Waals surface area contributed by atoms with Gasteiger partial charge in [0.1, 0.15) is 0 Å². The maximum Gasteiger partial charge on any atom is 0.233 e. The van der Waals surface area contributed by atoms with Crippen molar-refractivity contribution in [3.05, 3.63) is 95.0 Å². The van der Waals surface area contributed by atoms with Crippen molar-refractivity contribution in [1.82, 2.24) is 10.6 Å². The molecule has 0 aliphatic heterocycles. The molecule has 0 saturated heterocycles. The number of hydrogen-bond acceptors (Lipinski definition) is 4. The molecule has 3 aromatic carbocycles. The van der Waals surface area contributed by atoms with Crippen molar-refractivity contribution < 1.29 is 4.79 Å². The Kier molecular flexibility index (Phi) is 9.57. The number of amides is 1. The van der Waals surface area contributed by atoms with Gasteiger partial charge in [0.15, 0.2) is 0 Å². The lowest BCUT2D eigenvalue weighted by Gasteiger charge is -2.18. The third kappa shape index (κ3) is 7.68. The molecule has 0 fully saturated rings. The average Bonchev–Trinajstić information content (AvgIpc) is 2.82. The summed E-state index contributed by atoms with van der Waals surface area (Å²) in [5.74, 6) is -0.305. The van der Waals surface area contributed by atoms with Crippen LogP contribution in [0.4, 0.5) is 11.4 Å². The highest BCUT2D eigenvalue weighted by molar-refractivity contribution is 6.30. The van der Waals surface area contributed by atoms with Gasteiger partial charge in [0.25, 0.3) is 0 Å². The molecule has 1 amide bonds. The molecule has 0 aliphatic carbocycles. The van der Waals surface area contributed by atoms with Gasteiger partial charge in [-0.05, 0) is 67.5 Å². The summed E-state index contributed by atoms with van der Waals surface area (Å²) in [4.78, 5) is 13.1.